The number of anilines is 1. The van der Waals surface area contributed by atoms with E-state index in [0.29, 0.717) is 5.75 Å². The Balaban J connectivity index is 3.17. The van der Waals surface area contributed by atoms with Crippen molar-refractivity contribution in [3.8, 4) is 17.6 Å². The summed E-state index contributed by atoms with van der Waals surface area (Å²) in [5, 5.41) is 0. The molecule has 0 heterocycles. The second kappa shape index (κ2) is 4.73. The van der Waals surface area contributed by atoms with Crippen LogP contribution in [0.1, 0.15) is 5.56 Å². The molecule has 0 radical (unpaired) electrons. The Morgan fingerprint density at radius 1 is 1.57 bits per heavy atom. The Hall–Kier alpha value is -1.40. The fourth-order valence-electron chi connectivity index (χ4n) is 0.970. The zero-order valence-corrected chi connectivity index (χ0v) is 8.36. The van der Waals surface area contributed by atoms with Crippen molar-refractivity contribution in [2.75, 3.05) is 18.7 Å². The summed E-state index contributed by atoms with van der Waals surface area (Å²) < 4.78 is 18.1. The van der Waals surface area contributed by atoms with Gasteiger partial charge >= 0.3 is 0 Å². The molecule has 0 aliphatic rings. The summed E-state index contributed by atoms with van der Waals surface area (Å²) in [7, 11) is 1.46. The molecule has 2 nitrogen and oxygen atoms in total. The van der Waals surface area contributed by atoms with Gasteiger partial charge in [0.2, 0.25) is 0 Å². The first-order valence-corrected chi connectivity index (χ1v) is 4.40. The zero-order valence-electron chi connectivity index (χ0n) is 7.60. The third-order valence-electron chi connectivity index (χ3n) is 1.61. The lowest BCUT2D eigenvalue weighted by molar-refractivity contribution is 0.416. The molecule has 0 fully saturated rings. The molecule has 2 N–H and O–H groups in total. The van der Waals surface area contributed by atoms with E-state index in [4.69, 9.17) is 22.1 Å². The summed E-state index contributed by atoms with van der Waals surface area (Å²) in [6, 6.07) is 2.63. The molecule has 0 spiro atoms. The number of benzene rings is 1. The van der Waals surface area contributed by atoms with E-state index in [2.05, 4.69) is 11.8 Å². The van der Waals surface area contributed by atoms with E-state index < -0.39 is 5.82 Å². The van der Waals surface area contributed by atoms with Crippen LogP contribution in [0.5, 0.6) is 5.75 Å². The van der Waals surface area contributed by atoms with Crippen molar-refractivity contribution >= 4 is 17.3 Å². The number of methoxy groups -OCH3 is 1. The topological polar surface area (TPSA) is 35.2 Å². The summed E-state index contributed by atoms with van der Waals surface area (Å²) in [5.41, 5.74) is 5.97. The molecule has 14 heavy (non-hydrogen) atoms. The molecule has 0 bridgehead atoms. The number of hydrogen-bond donors (Lipinski definition) is 1. The summed E-state index contributed by atoms with van der Waals surface area (Å²) >= 11 is 5.36. The lowest BCUT2D eigenvalue weighted by Gasteiger charge is -2.04. The number of nitrogen functional groups attached to an aromatic ring is 1. The summed E-state index contributed by atoms with van der Waals surface area (Å²) in [5.74, 6) is 5.22. The van der Waals surface area contributed by atoms with Gasteiger partial charge in [0.25, 0.3) is 0 Å². The molecule has 0 unspecified atom stereocenters. The highest BCUT2D eigenvalue weighted by Crippen LogP contribution is 2.24. The van der Waals surface area contributed by atoms with E-state index in [-0.39, 0.29) is 17.1 Å². The van der Waals surface area contributed by atoms with Gasteiger partial charge in [0, 0.05) is 12.1 Å². The van der Waals surface area contributed by atoms with Crippen molar-refractivity contribution in [1.29, 1.82) is 0 Å². The van der Waals surface area contributed by atoms with Crippen molar-refractivity contribution in [2.45, 2.75) is 0 Å². The van der Waals surface area contributed by atoms with Crippen LogP contribution >= 0.6 is 11.6 Å². The third-order valence-corrected chi connectivity index (χ3v) is 1.74. The maximum absolute atomic E-state index is 13.2. The maximum Gasteiger partial charge on any atom is 0.143 e. The van der Waals surface area contributed by atoms with Crippen LogP contribution in [-0.2, 0) is 0 Å². The van der Waals surface area contributed by atoms with Crippen LogP contribution in [0.4, 0.5) is 10.1 Å². The first-order chi connectivity index (χ1) is 6.69. The molecule has 0 aliphatic heterocycles. The van der Waals surface area contributed by atoms with Crippen molar-refractivity contribution in [3.63, 3.8) is 0 Å². The van der Waals surface area contributed by atoms with Crippen LogP contribution in [0.25, 0.3) is 0 Å². The van der Waals surface area contributed by atoms with Crippen LogP contribution in [-0.4, -0.2) is 13.0 Å². The largest absolute Gasteiger partial charge is 0.495 e. The number of nitrogens with two attached hydrogens (primary N) is 1. The molecule has 1 rings (SSSR count). The highest BCUT2D eigenvalue weighted by molar-refractivity contribution is 6.19. The normalized spacial score (nSPS) is 9.07. The summed E-state index contributed by atoms with van der Waals surface area (Å²) in [6.07, 6.45) is 0. The molecule has 74 valence electrons. The summed E-state index contributed by atoms with van der Waals surface area (Å²) in [6.45, 7) is 0. The van der Waals surface area contributed by atoms with E-state index in [0.717, 1.165) is 0 Å². The highest BCUT2D eigenvalue weighted by Gasteiger charge is 2.05. The number of hydrogen-bond acceptors (Lipinski definition) is 2. The third kappa shape index (κ3) is 2.30. The van der Waals surface area contributed by atoms with Gasteiger partial charge in [0.15, 0.2) is 0 Å². The molecule has 0 atom stereocenters. The fraction of sp³-hybridized carbons (Fsp3) is 0.200. The molecule has 0 saturated heterocycles. The Bertz CT molecular complexity index is 395. The minimum absolute atomic E-state index is 0.159. The van der Waals surface area contributed by atoms with Gasteiger partial charge in [0.1, 0.15) is 11.6 Å². The van der Waals surface area contributed by atoms with Gasteiger partial charge < -0.3 is 10.5 Å². The SMILES string of the molecule is COc1cc(C#CCCl)c(F)cc1N. The quantitative estimate of drug-likeness (QED) is 0.440. The molecule has 0 aromatic heterocycles. The minimum Gasteiger partial charge on any atom is -0.495 e. The molecule has 1 aromatic carbocycles. The van der Waals surface area contributed by atoms with E-state index in [9.17, 15) is 4.39 Å². The minimum atomic E-state index is -0.471. The van der Waals surface area contributed by atoms with Gasteiger partial charge in [-0.25, -0.2) is 4.39 Å². The smallest absolute Gasteiger partial charge is 0.143 e. The number of alkyl halides is 1. The highest BCUT2D eigenvalue weighted by atomic mass is 35.5. The van der Waals surface area contributed by atoms with Gasteiger partial charge in [-0.3, -0.25) is 0 Å². The van der Waals surface area contributed by atoms with Crippen molar-refractivity contribution in [1.82, 2.24) is 0 Å². The number of ether oxygens (including phenoxy) is 1. The average molecular weight is 214 g/mol. The lowest BCUT2D eigenvalue weighted by atomic mass is 10.2. The fourth-order valence-corrected chi connectivity index (χ4v) is 1.04. The predicted octanol–water partition coefficient (Wildman–Crippen LogP) is 2.01. The van der Waals surface area contributed by atoms with Crippen molar-refractivity contribution < 1.29 is 9.13 Å². The molecule has 1 aromatic rings. The monoisotopic (exact) mass is 213 g/mol. The predicted molar refractivity (Wildman–Crippen MR) is 55.0 cm³/mol. The van der Waals surface area contributed by atoms with E-state index >= 15 is 0 Å². The molecular formula is C10H9ClFNO. The Morgan fingerprint density at radius 3 is 2.86 bits per heavy atom. The average Bonchev–Trinajstić information content (AvgIpc) is 2.17. The first-order valence-electron chi connectivity index (χ1n) is 3.87. The Morgan fingerprint density at radius 2 is 2.29 bits per heavy atom. The van der Waals surface area contributed by atoms with Crippen LogP contribution in [0.15, 0.2) is 12.1 Å². The van der Waals surface area contributed by atoms with Crippen LogP contribution in [0, 0.1) is 17.7 Å². The standard InChI is InChI=1S/C10H9ClFNO/c1-14-10-5-7(3-2-4-11)8(12)6-9(10)13/h5-6H,4,13H2,1H3. The van der Waals surface area contributed by atoms with Crippen LogP contribution < -0.4 is 10.5 Å². The molecule has 0 aliphatic carbocycles. The van der Waals surface area contributed by atoms with Crippen molar-refractivity contribution in [2.24, 2.45) is 0 Å². The van der Waals surface area contributed by atoms with E-state index in [1.165, 1.54) is 19.2 Å². The van der Waals surface area contributed by atoms with Crippen molar-refractivity contribution in [3.05, 3.63) is 23.5 Å². The number of halogens is 2. The van der Waals surface area contributed by atoms with Crippen LogP contribution in [0.3, 0.4) is 0 Å². The Labute approximate surface area is 86.8 Å². The van der Waals surface area contributed by atoms with E-state index in [1.807, 2.05) is 0 Å². The molecule has 0 amide bonds. The number of rotatable bonds is 1. The van der Waals surface area contributed by atoms with Gasteiger partial charge in [-0.2, -0.15) is 0 Å². The molecular weight excluding hydrogens is 205 g/mol. The molecule has 4 heteroatoms. The Kier molecular flexibility index (Phi) is 3.61. The lowest BCUT2D eigenvalue weighted by Crippen LogP contribution is -1.95. The van der Waals surface area contributed by atoms with Gasteiger partial charge in [-0.1, -0.05) is 11.8 Å². The second-order valence-electron chi connectivity index (χ2n) is 2.51. The zero-order chi connectivity index (χ0) is 10.6. The van der Waals surface area contributed by atoms with Gasteiger partial charge in [-0.15, -0.1) is 11.6 Å². The first kappa shape index (κ1) is 10.7. The maximum atomic E-state index is 13.2. The van der Waals surface area contributed by atoms with Crippen LogP contribution in [0.2, 0.25) is 0 Å². The van der Waals surface area contributed by atoms with Gasteiger partial charge in [0.05, 0.1) is 24.2 Å². The van der Waals surface area contributed by atoms with E-state index in [1.54, 1.807) is 0 Å². The van der Waals surface area contributed by atoms with Gasteiger partial charge in [-0.05, 0) is 0 Å². The molecule has 0 saturated carbocycles. The summed E-state index contributed by atoms with van der Waals surface area (Å²) in [4.78, 5) is 0. The second-order valence-corrected chi connectivity index (χ2v) is 2.78.